The van der Waals surface area contributed by atoms with Crippen molar-refractivity contribution in [2.24, 2.45) is 11.7 Å². The van der Waals surface area contributed by atoms with Gasteiger partial charge in [0.2, 0.25) is 5.91 Å². The Morgan fingerprint density at radius 1 is 1.14 bits per heavy atom. The van der Waals surface area contributed by atoms with E-state index < -0.39 is 0 Å². The Morgan fingerprint density at radius 3 is 2.46 bits per heavy atom. The van der Waals surface area contributed by atoms with Crippen molar-refractivity contribution in [3.63, 3.8) is 0 Å². The minimum absolute atomic E-state index is 0.0793. The van der Waals surface area contributed by atoms with E-state index in [4.69, 9.17) is 10.5 Å². The number of carbonyl (C=O) groups is 2. The molecule has 2 amide bonds. The van der Waals surface area contributed by atoms with Gasteiger partial charge < -0.3 is 20.7 Å². The molecule has 1 aromatic carbocycles. The van der Waals surface area contributed by atoms with Crippen LogP contribution in [0, 0.1) is 5.92 Å². The molecule has 0 unspecified atom stereocenters. The summed E-state index contributed by atoms with van der Waals surface area (Å²) in [6.07, 6.45) is 3.88. The summed E-state index contributed by atoms with van der Waals surface area (Å²) in [5.74, 6) is 1.26. The highest BCUT2D eigenvalue weighted by atomic mass is 16.5. The minimum Gasteiger partial charge on any atom is -0.497 e. The first kappa shape index (κ1) is 20.6. The molecule has 0 aromatic heterocycles. The molecule has 2 aliphatic rings. The van der Waals surface area contributed by atoms with Crippen LogP contribution in [0.15, 0.2) is 24.3 Å². The lowest BCUT2D eigenvalue weighted by Gasteiger charge is -2.35. The molecular formula is C21H32N4O3. The summed E-state index contributed by atoms with van der Waals surface area (Å²) in [6, 6.07) is 7.27. The van der Waals surface area contributed by atoms with Crippen molar-refractivity contribution >= 4 is 11.8 Å². The van der Waals surface area contributed by atoms with Gasteiger partial charge in [0.1, 0.15) is 5.75 Å². The number of amides is 2. The van der Waals surface area contributed by atoms with Crippen LogP contribution in [-0.2, 0) is 4.79 Å². The van der Waals surface area contributed by atoms with Crippen molar-refractivity contribution < 1.29 is 14.3 Å². The fraction of sp³-hybridized carbons (Fsp3) is 0.619. The van der Waals surface area contributed by atoms with Crippen LogP contribution in [0.25, 0.3) is 0 Å². The van der Waals surface area contributed by atoms with Crippen LogP contribution in [0.1, 0.15) is 36.0 Å². The second-order valence-electron chi connectivity index (χ2n) is 7.77. The fourth-order valence-electron chi connectivity index (χ4n) is 4.07. The van der Waals surface area contributed by atoms with Crippen LogP contribution in [0.3, 0.4) is 0 Å². The van der Waals surface area contributed by atoms with Gasteiger partial charge in [-0.15, -0.1) is 0 Å². The van der Waals surface area contributed by atoms with Gasteiger partial charge >= 0.3 is 0 Å². The number of hydrogen-bond donors (Lipinski definition) is 2. The van der Waals surface area contributed by atoms with Crippen molar-refractivity contribution in [3.05, 3.63) is 29.8 Å². The topological polar surface area (TPSA) is 87.9 Å². The number of carbonyl (C=O) groups excluding carboxylic acids is 2. The number of ether oxygens (including phenoxy) is 1. The van der Waals surface area contributed by atoms with Gasteiger partial charge in [0.05, 0.1) is 7.11 Å². The van der Waals surface area contributed by atoms with Gasteiger partial charge in [-0.05, 0) is 43.0 Å². The minimum atomic E-state index is -0.0793. The van der Waals surface area contributed by atoms with E-state index in [0.29, 0.717) is 24.4 Å². The van der Waals surface area contributed by atoms with E-state index in [-0.39, 0.29) is 17.9 Å². The van der Waals surface area contributed by atoms with Gasteiger partial charge in [-0.3, -0.25) is 14.5 Å². The largest absolute Gasteiger partial charge is 0.497 e. The standard InChI is InChI=1S/C21H32N4O3/c1-28-18-7-5-16(6-8-18)21(27)23-9-10-24-11-13-25(14-12-24)20(26)15-17-3-2-4-19(17)22/h5-8,17,19H,2-4,9-15,22H2,1H3,(H,23,27)/t17-,19+/m0/s1. The molecule has 2 atom stereocenters. The second-order valence-corrected chi connectivity index (χ2v) is 7.77. The fourth-order valence-corrected chi connectivity index (χ4v) is 4.07. The Bertz CT molecular complexity index is 656. The van der Waals surface area contributed by atoms with E-state index in [0.717, 1.165) is 57.7 Å². The van der Waals surface area contributed by atoms with E-state index in [1.165, 1.54) is 0 Å². The summed E-state index contributed by atoms with van der Waals surface area (Å²) in [6.45, 7) is 4.59. The Labute approximate surface area is 167 Å². The number of nitrogens with two attached hydrogens (primary N) is 1. The second kappa shape index (κ2) is 9.89. The van der Waals surface area contributed by atoms with E-state index in [2.05, 4.69) is 10.2 Å². The zero-order valence-electron chi connectivity index (χ0n) is 16.7. The molecule has 0 radical (unpaired) electrons. The molecule has 1 aliphatic carbocycles. The van der Waals surface area contributed by atoms with Crippen molar-refractivity contribution in [1.29, 1.82) is 0 Å². The number of methoxy groups -OCH3 is 1. The van der Waals surface area contributed by atoms with Crippen LogP contribution in [-0.4, -0.2) is 74.0 Å². The Kier molecular flexibility index (Phi) is 7.28. The Morgan fingerprint density at radius 2 is 1.86 bits per heavy atom. The monoisotopic (exact) mass is 388 g/mol. The highest BCUT2D eigenvalue weighted by Gasteiger charge is 2.29. The lowest BCUT2D eigenvalue weighted by atomic mass is 9.99. The smallest absolute Gasteiger partial charge is 0.251 e. The van der Waals surface area contributed by atoms with Gasteiger partial charge in [0.25, 0.3) is 5.91 Å². The molecule has 7 heteroatoms. The number of piperazine rings is 1. The highest BCUT2D eigenvalue weighted by molar-refractivity contribution is 5.94. The van der Waals surface area contributed by atoms with Gasteiger partial charge in [0.15, 0.2) is 0 Å². The average Bonchev–Trinajstić information content (AvgIpc) is 3.13. The molecule has 1 aromatic rings. The first-order valence-electron chi connectivity index (χ1n) is 10.2. The molecule has 3 N–H and O–H groups in total. The summed E-state index contributed by atoms with van der Waals surface area (Å²) in [7, 11) is 1.60. The maximum absolute atomic E-state index is 12.5. The third kappa shape index (κ3) is 5.45. The number of nitrogens with one attached hydrogen (secondary N) is 1. The van der Waals surface area contributed by atoms with Crippen molar-refractivity contribution in [2.45, 2.75) is 31.7 Å². The zero-order valence-corrected chi connectivity index (χ0v) is 16.7. The van der Waals surface area contributed by atoms with E-state index in [1.54, 1.807) is 31.4 Å². The molecule has 28 heavy (non-hydrogen) atoms. The van der Waals surface area contributed by atoms with E-state index >= 15 is 0 Å². The molecular weight excluding hydrogens is 356 g/mol. The summed E-state index contributed by atoms with van der Waals surface area (Å²) in [5.41, 5.74) is 6.72. The molecule has 2 fully saturated rings. The van der Waals surface area contributed by atoms with Crippen LogP contribution < -0.4 is 15.8 Å². The van der Waals surface area contributed by atoms with Crippen LogP contribution >= 0.6 is 0 Å². The van der Waals surface area contributed by atoms with Gasteiger partial charge in [-0.2, -0.15) is 0 Å². The predicted molar refractivity (Wildman–Crippen MR) is 108 cm³/mol. The van der Waals surface area contributed by atoms with E-state index in [1.807, 2.05) is 4.90 Å². The Hall–Kier alpha value is -2.12. The molecule has 154 valence electrons. The molecule has 0 bridgehead atoms. The highest BCUT2D eigenvalue weighted by Crippen LogP contribution is 2.27. The molecule has 1 saturated heterocycles. The summed E-state index contributed by atoms with van der Waals surface area (Å²) in [5, 5.41) is 2.95. The molecule has 1 aliphatic heterocycles. The predicted octanol–water partition coefficient (Wildman–Crippen LogP) is 1.09. The number of nitrogens with zero attached hydrogens (tertiary/aromatic N) is 2. The molecule has 1 heterocycles. The third-order valence-electron chi connectivity index (χ3n) is 5.95. The van der Waals surface area contributed by atoms with Crippen LogP contribution in [0.5, 0.6) is 5.75 Å². The van der Waals surface area contributed by atoms with Crippen molar-refractivity contribution in [3.8, 4) is 5.75 Å². The first-order valence-corrected chi connectivity index (χ1v) is 10.2. The van der Waals surface area contributed by atoms with Crippen LogP contribution in [0.2, 0.25) is 0 Å². The first-order chi connectivity index (χ1) is 13.6. The number of benzene rings is 1. The molecule has 3 rings (SSSR count). The summed E-state index contributed by atoms with van der Waals surface area (Å²) >= 11 is 0. The van der Waals surface area contributed by atoms with Gasteiger partial charge in [-0.25, -0.2) is 0 Å². The molecule has 1 saturated carbocycles. The van der Waals surface area contributed by atoms with Crippen molar-refractivity contribution in [1.82, 2.24) is 15.1 Å². The molecule has 0 spiro atoms. The van der Waals surface area contributed by atoms with Crippen molar-refractivity contribution in [2.75, 3.05) is 46.4 Å². The average molecular weight is 389 g/mol. The van der Waals surface area contributed by atoms with E-state index in [9.17, 15) is 9.59 Å². The SMILES string of the molecule is COc1ccc(C(=O)NCCN2CCN(C(=O)C[C@@H]3CCC[C@H]3N)CC2)cc1. The maximum Gasteiger partial charge on any atom is 0.251 e. The maximum atomic E-state index is 12.5. The quantitative estimate of drug-likeness (QED) is 0.730. The number of hydrogen-bond acceptors (Lipinski definition) is 5. The lowest BCUT2D eigenvalue weighted by molar-refractivity contribution is -0.134. The summed E-state index contributed by atoms with van der Waals surface area (Å²) in [4.78, 5) is 28.9. The Balaban J connectivity index is 1.34. The normalized spacial score (nSPS) is 22.9. The summed E-state index contributed by atoms with van der Waals surface area (Å²) < 4.78 is 5.10. The van der Waals surface area contributed by atoms with Crippen LogP contribution in [0.4, 0.5) is 0 Å². The molecule has 7 nitrogen and oxygen atoms in total. The zero-order chi connectivity index (χ0) is 19.9. The van der Waals surface area contributed by atoms with Gasteiger partial charge in [-0.1, -0.05) is 6.42 Å². The number of rotatable bonds is 7. The third-order valence-corrected chi connectivity index (χ3v) is 5.95. The lowest BCUT2D eigenvalue weighted by Crippen LogP contribution is -2.50. The van der Waals surface area contributed by atoms with Gasteiger partial charge in [0, 0.05) is 57.3 Å².